The Morgan fingerprint density at radius 1 is 1.12 bits per heavy atom. The van der Waals surface area contributed by atoms with Crippen molar-refractivity contribution in [2.24, 2.45) is 4.99 Å². The molecule has 0 bridgehead atoms. The van der Waals surface area contributed by atoms with Crippen LogP contribution in [-0.2, 0) is 19.3 Å². The topological polar surface area (TPSA) is 65.0 Å². The monoisotopic (exact) mass is 457 g/mol. The van der Waals surface area contributed by atoms with Crippen LogP contribution >= 0.6 is 0 Å². The molecule has 0 radical (unpaired) electrons. The first-order valence-electron chi connectivity index (χ1n) is 10.5. The zero-order chi connectivity index (χ0) is 23.5. The normalized spacial score (nSPS) is 15.5. The quantitative estimate of drug-likeness (QED) is 0.432. The van der Waals surface area contributed by atoms with Gasteiger partial charge in [0.15, 0.2) is 9.84 Å². The molecule has 0 heterocycles. The first-order chi connectivity index (χ1) is 15.1. The highest BCUT2D eigenvalue weighted by Gasteiger charge is 2.24. The lowest BCUT2D eigenvalue weighted by Crippen LogP contribution is -2.16. The van der Waals surface area contributed by atoms with Gasteiger partial charge in [-0.25, -0.2) is 17.8 Å². The summed E-state index contributed by atoms with van der Waals surface area (Å²) in [4.78, 5) is 4.76. The summed E-state index contributed by atoms with van der Waals surface area (Å²) < 4.78 is 48.7. The first-order valence-corrected chi connectivity index (χ1v) is 12.4. The predicted octanol–water partition coefficient (Wildman–Crippen LogP) is 5.37. The van der Waals surface area contributed by atoms with Crippen molar-refractivity contribution in [1.82, 2.24) is 0 Å². The highest BCUT2D eigenvalue weighted by atomic mass is 32.2. The Labute approximate surface area is 189 Å². The molecule has 3 rings (SSSR count). The minimum Gasteiger partial charge on any atom is -0.451 e. The Bertz CT molecular complexity index is 1190. The number of nitrogens with zero attached hydrogens (tertiary/aromatic N) is 1. The van der Waals surface area contributed by atoms with Crippen LogP contribution in [0, 0.1) is 5.82 Å². The Balaban J connectivity index is 2.02. The molecule has 170 valence electrons. The number of hydrogen-bond donors (Lipinski definition) is 0. The summed E-state index contributed by atoms with van der Waals surface area (Å²) in [6, 6.07) is 11.4. The third kappa shape index (κ3) is 5.46. The Kier molecular flexibility index (Phi) is 7.19. The third-order valence-electron chi connectivity index (χ3n) is 5.04. The fourth-order valence-corrected chi connectivity index (χ4v) is 4.15. The lowest BCUT2D eigenvalue weighted by Gasteiger charge is -2.12. The average molecular weight is 458 g/mol. The number of sulfone groups is 1. The van der Waals surface area contributed by atoms with Crippen LogP contribution in [0.5, 0.6) is 0 Å². The van der Waals surface area contributed by atoms with Crippen LogP contribution in [0.4, 0.5) is 4.39 Å². The van der Waals surface area contributed by atoms with Crippen molar-refractivity contribution in [1.29, 1.82) is 0 Å². The second-order valence-electron chi connectivity index (χ2n) is 7.87. The SMILES string of the molecule is CCOC(=NCC1=C(C)C(=Cc2ccc(S(C)(=O)=O)cc2)c2ccc(F)cc21)OC(C)C. The summed E-state index contributed by atoms with van der Waals surface area (Å²) in [6.45, 7) is 8.35. The van der Waals surface area contributed by atoms with Crippen LogP contribution in [-0.4, -0.2) is 40.0 Å². The summed E-state index contributed by atoms with van der Waals surface area (Å²) in [5.74, 6) is -0.319. The van der Waals surface area contributed by atoms with Gasteiger partial charge in [0.05, 0.1) is 24.2 Å². The minimum absolute atomic E-state index is 0.0750. The van der Waals surface area contributed by atoms with Gasteiger partial charge in [-0.05, 0) is 91.4 Å². The van der Waals surface area contributed by atoms with E-state index in [1.165, 1.54) is 18.4 Å². The molecule has 0 aliphatic heterocycles. The van der Waals surface area contributed by atoms with E-state index in [0.29, 0.717) is 6.61 Å². The van der Waals surface area contributed by atoms with Crippen molar-refractivity contribution in [2.75, 3.05) is 19.4 Å². The lowest BCUT2D eigenvalue weighted by molar-refractivity contribution is 0.133. The molecule has 0 amide bonds. The van der Waals surface area contributed by atoms with Crippen LogP contribution in [0.1, 0.15) is 44.4 Å². The summed E-state index contributed by atoms with van der Waals surface area (Å²) in [6.07, 6.45) is 3.30. The molecular formula is C25H28FNO4S. The Morgan fingerprint density at radius 2 is 1.81 bits per heavy atom. The minimum atomic E-state index is -3.26. The maximum Gasteiger partial charge on any atom is 0.384 e. The fourth-order valence-electron chi connectivity index (χ4n) is 3.52. The molecular weight excluding hydrogens is 429 g/mol. The van der Waals surface area contributed by atoms with Gasteiger partial charge in [-0.1, -0.05) is 18.2 Å². The molecule has 0 unspecified atom stereocenters. The van der Waals surface area contributed by atoms with Crippen molar-refractivity contribution in [3.63, 3.8) is 0 Å². The van der Waals surface area contributed by atoms with Gasteiger partial charge < -0.3 is 9.47 Å². The highest BCUT2D eigenvalue weighted by Crippen LogP contribution is 2.42. The zero-order valence-electron chi connectivity index (χ0n) is 19.0. The van der Waals surface area contributed by atoms with E-state index in [1.54, 1.807) is 30.3 Å². The molecule has 0 aromatic heterocycles. The van der Waals surface area contributed by atoms with Crippen LogP contribution in [0.15, 0.2) is 57.9 Å². The number of ether oxygens (including phenoxy) is 2. The molecule has 0 N–H and O–H groups in total. The van der Waals surface area contributed by atoms with Crippen molar-refractivity contribution in [3.05, 3.63) is 70.5 Å². The summed E-state index contributed by atoms with van der Waals surface area (Å²) in [7, 11) is -3.26. The van der Waals surface area contributed by atoms with Crippen LogP contribution in [0.3, 0.4) is 0 Å². The number of aliphatic imine (C=N–C) groups is 1. The van der Waals surface area contributed by atoms with E-state index < -0.39 is 9.84 Å². The number of rotatable bonds is 6. The summed E-state index contributed by atoms with van der Waals surface area (Å²) in [5, 5.41) is 0. The molecule has 1 aliphatic rings. The van der Waals surface area contributed by atoms with Crippen molar-refractivity contribution in [2.45, 2.75) is 38.7 Å². The van der Waals surface area contributed by atoms with Crippen molar-refractivity contribution in [3.8, 4) is 0 Å². The van der Waals surface area contributed by atoms with Gasteiger partial charge in [-0.2, -0.15) is 0 Å². The number of allylic oxidation sites excluding steroid dienone is 2. The maximum atomic E-state index is 14.1. The fraction of sp³-hybridized carbons (Fsp3) is 0.320. The zero-order valence-corrected chi connectivity index (χ0v) is 19.8. The van der Waals surface area contributed by atoms with Gasteiger partial charge in [0.2, 0.25) is 0 Å². The molecule has 0 spiro atoms. The van der Waals surface area contributed by atoms with Gasteiger partial charge in [0.25, 0.3) is 0 Å². The Hall–Kier alpha value is -2.93. The number of hydrogen-bond acceptors (Lipinski definition) is 5. The molecule has 1 aliphatic carbocycles. The maximum absolute atomic E-state index is 14.1. The van der Waals surface area contributed by atoms with E-state index in [1.807, 2.05) is 33.8 Å². The van der Waals surface area contributed by atoms with Gasteiger partial charge in [0, 0.05) is 6.26 Å². The molecule has 0 saturated carbocycles. The second kappa shape index (κ2) is 9.69. The van der Waals surface area contributed by atoms with E-state index in [4.69, 9.17) is 9.47 Å². The van der Waals surface area contributed by atoms with E-state index >= 15 is 0 Å². The van der Waals surface area contributed by atoms with E-state index in [-0.39, 0.29) is 29.4 Å². The van der Waals surface area contributed by atoms with E-state index in [9.17, 15) is 12.8 Å². The van der Waals surface area contributed by atoms with Crippen molar-refractivity contribution >= 4 is 33.1 Å². The van der Waals surface area contributed by atoms with E-state index in [0.717, 1.165) is 33.4 Å². The number of halogens is 1. The van der Waals surface area contributed by atoms with Crippen LogP contribution in [0.2, 0.25) is 0 Å². The number of fused-ring (bicyclic) bond motifs is 1. The van der Waals surface area contributed by atoms with Gasteiger partial charge in [0.1, 0.15) is 5.82 Å². The van der Waals surface area contributed by atoms with Gasteiger partial charge in [-0.15, -0.1) is 0 Å². The molecule has 5 nitrogen and oxygen atoms in total. The predicted molar refractivity (Wildman–Crippen MR) is 127 cm³/mol. The van der Waals surface area contributed by atoms with E-state index in [2.05, 4.69) is 4.99 Å². The second-order valence-corrected chi connectivity index (χ2v) is 9.89. The standard InChI is InChI=1S/C25H28FNO4S/c1-6-30-25(31-16(2)3)27-15-24-17(4)22(21-12-9-19(26)14-23(21)24)13-18-7-10-20(11-8-18)32(5,28)29/h7-14,16H,6,15H2,1-5H3. The molecule has 2 aromatic carbocycles. The summed E-state index contributed by atoms with van der Waals surface area (Å²) >= 11 is 0. The molecule has 0 saturated heterocycles. The number of benzene rings is 2. The largest absolute Gasteiger partial charge is 0.451 e. The molecule has 7 heteroatoms. The Morgan fingerprint density at radius 3 is 2.41 bits per heavy atom. The lowest BCUT2D eigenvalue weighted by atomic mass is 10.0. The van der Waals surface area contributed by atoms with Gasteiger partial charge in [-0.3, -0.25) is 0 Å². The highest BCUT2D eigenvalue weighted by molar-refractivity contribution is 7.90. The van der Waals surface area contributed by atoms with Gasteiger partial charge >= 0.3 is 6.08 Å². The molecule has 32 heavy (non-hydrogen) atoms. The van der Waals surface area contributed by atoms with Crippen LogP contribution < -0.4 is 0 Å². The molecule has 0 fully saturated rings. The third-order valence-corrected chi connectivity index (χ3v) is 6.17. The first kappa shape index (κ1) is 23.7. The molecule has 0 atom stereocenters. The summed E-state index contributed by atoms with van der Waals surface area (Å²) in [5.41, 5.74) is 5.35. The smallest absolute Gasteiger partial charge is 0.384 e. The molecule has 2 aromatic rings. The average Bonchev–Trinajstić information content (AvgIpc) is 2.96. The van der Waals surface area contributed by atoms with Crippen molar-refractivity contribution < 1.29 is 22.3 Å². The van der Waals surface area contributed by atoms with Crippen LogP contribution in [0.25, 0.3) is 17.2 Å².